The Morgan fingerprint density at radius 1 is 1.13 bits per heavy atom. The number of ether oxygens (including phenoxy) is 1. The second-order valence-corrected chi connectivity index (χ2v) is 9.46. The van der Waals surface area contributed by atoms with Crippen LogP contribution in [0.25, 0.3) is 0 Å². The molecule has 1 aromatic heterocycles. The van der Waals surface area contributed by atoms with Crippen LogP contribution in [0.3, 0.4) is 0 Å². The fraction of sp³-hybridized carbons (Fsp3) is 0.519. The van der Waals surface area contributed by atoms with E-state index in [0.29, 0.717) is 24.8 Å². The van der Waals surface area contributed by atoms with Crippen LogP contribution in [0.15, 0.2) is 36.5 Å². The maximum atomic E-state index is 12.3. The van der Waals surface area contributed by atoms with Crippen molar-refractivity contribution in [1.29, 1.82) is 0 Å². The first-order chi connectivity index (χ1) is 18.2. The molecule has 1 saturated carbocycles. The molecule has 1 unspecified atom stereocenters. The monoisotopic (exact) mass is 554 g/mol. The third kappa shape index (κ3) is 7.99. The molecule has 0 radical (unpaired) electrons. The molecule has 0 spiro atoms. The number of benzene rings is 1. The van der Waals surface area contributed by atoms with Gasteiger partial charge in [0.25, 0.3) is 5.91 Å². The number of amides is 3. The minimum atomic E-state index is -4.45. The first-order valence-electron chi connectivity index (χ1n) is 13.0. The normalized spacial score (nSPS) is 19.1. The van der Waals surface area contributed by atoms with Crippen LogP contribution < -0.4 is 20.3 Å². The molecule has 1 atom stereocenters. The summed E-state index contributed by atoms with van der Waals surface area (Å²) in [6, 6.07) is 7.71. The van der Waals surface area contributed by atoms with Crippen LogP contribution in [0.2, 0.25) is 5.02 Å². The third-order valence-corrected chi connectivity index (χ3v) is 6.65. The molecule has 2 aromatic rings. The van der Waals surface area contributed by atoms with Crippen molar-refractivity contribution in [2.24, 2.45) is 0 Å². The van der Waals surface area contributed by atoms with Gasteiger partial charge in [-0.25, -0.2) is 9.78 Å². The molecule has 38 heavy (non-hydrogen) atoms. The summed E-state index contributed by atoms with van der Waals surface area (Å²) in [5.41, 5.74) is 0.498. The summed E-state index contributed by atoms with van der Waals surface area (Å²) < 4.78 is 42.5. The van der Waals surface area contributed by atoms with Crippen molar-refractivity contribution in [3.05, 3.63) is 52.8 Å². The van der Waals surface area contributed by atoms with E-state index in [1.165, 1.54) is 30.2 Å². The lowest BCUT2D eigenvalue weighted by Crippen LogP contribution is -2.45. The van der Waals surface area contributed by atoms with Gasteiger partial charge in [0.05, 0.1) is 11.9 Å². The third-order valence-electron chi connectivity index (χ3n) is 6.42. The number of urea groups is 1. The van der Waals surface area contributed by atoms with E-state index in [9.17, 15) is 22.8 Å². The number of aromatic nitrogens is 1. The minimum absolute atomic E-state index is 0.0394. The molecule has 1 saturated heterocycles. The highest BCUT2D eigenvalue weighted by atomic mass is 35.5. The second kappa shape index (κ2) is 13.7. The minimum Gasteiger partial charge on any atom is -0.480 e. The Labute approximate surface area is 226 Å². The second-order valence-electron chi connectivity index (χ2n) is 9.02. The number of aryl methyl sites for hydroxylation is 1. The van der Waals surface area contributed by atoms with Crippen LogP contribution in [-0.4, -0.2) is 42.2 Å². The molecule has 3 heterocycles. The van der Waals surface area contributed by atoms with Gasteiger partial charge in [0.1, 0.15) is 11.4 Å². The van der Waals surface area contributed by atoms with Crippen molar-refractivity contribution in [3.63, 3.8) is 0 Å². The summed E-state index contributed by atoms with van der Waals surface area (Å²) in [6.07, 6.45) is 3.75. The lowest BCUT2D eigenvalue weighted by Gasteiger charge is -2.28. The average molecular weight is 555 g/mol. The molecule has 7 nitrogen and oxygen atoms in total. The number of nitrogens with one attached hydrogen (secondary N) is 2. The smallest absolute Gasteiger partial charge is 0.433 e. The summed E-state index contributed by atoms with van der Waals surface area (Å²) in [7, 11) is 0. The van der Waals surface area contributed by atoms with Gasteiger partial charge < -0.3 is 15.4 Å². The van der Waals surface area contributed by atoms with Crippen LogP contribution in [-0.2, 0) is 17.4 Å². The Morgan fingerprint density at radius 3 is 2.47 bits per heavy atom. The van der Waals surface area contributed by atoms with Gasteiger partial charge in [-0.1, -0.05) is 44.7 Å². The van der Waals surface area contributed by atoms with Gasteiger partial charge in [-0.15, -0.1) is 0 Å². The predicted octanol–water partition coefficient (Wildman–Crippen LogP) is 6.14. The molecule has 11 heteroatoms. The molecule has 2 aliphatic heterocycles. The fourth-order valence-electron chi connectivity index (χ4n) is 4.51. The Morgan fingerprint density at radius 2 is 1.87 bits per heavy atom. The number of fused-ring (bicyclic) bond motifs is 1. The van der Waals surface area contributed by atoms with E-state index in [0.717, 1.165) is 54.3 Å². The van der Waals surface area contributed by atoms with Crippen molar-refractivity contribution in [3.8, 4) is 5.75 Å². The van der Waals surface area contributed by atoms with Crippen LogP contribution in [0.1, 0.15) is 63.6 Å². The topological polar surface area (TPSA) is 83.6 Å². The lowest BCUT2D eigenvalue weighted by atomic mass is 9.95. The van der Waals surface area contributed by atoms with Crippen molar-refractivity contribution in [2.75, 3.05) is 18.0 Å². The van der Waals surface area contributed by atoms with Gasteiger partial charge in [0.15, 0.2) is 6.10 Å². The van der Waals surface area contributed by atoms with Crippen molar-refractivity contribution < 1.29 is 27.5 Å². The Hall–Kier alpha value is -3.01. The molecule has 1 aromatic carbocycles. The molecular weight excluding hydrogens is 521 g/mol. The van der Waals surface area contributed by atoms with Gasteiger partial charge >= 0.3 is 12.2 Å². The van der Waals surface area contributed by atoms with Gasteiger partial charge in [0.2, 0.25) is 0 Å². The number of carbonyl (C=O) groups excluding carboxylic acids is 2. The Bertz CT molecular complexity index is 1080. The average Bonchev–Trinajstić information content (AvgIpc) is 3.36. The van der Waals surface area contributed by atoms with E-state index < -0.39 is 11.9 Å². The summed E-state index contributed by atoms with van der Waals surface area (Å²) >= 11 is 5.97. The van der Waals surface area contributed by atoms with E-state index in [1.807, 2.05) is 32.0 Å². The number of carbonyl (C=O) groups is 2. The zero-order valence-corrected chi connectivity index (χ0v) is 22.4. The molecule has 3 amide bonds. The van der Waals surface area contributed by atoms with E-state index in [4.69, 9.17) is 16.3 Å². The highest BCUT2D eigenvalue weighted by Crippen LogP contribution is 2.31. The number of hydrogen-bond acceptors (Lipinski definition) is 4. The predicted molar refractivity (Wildman–Crippen MR) is 141 cm³/mol. The first kappa shape index (κ1) is 29.5. The van der Waals surface area contributed by atoms with Crippen molar-refractivity contribution >= 4 is 29.2 Å². The molecule has 5 rings (SSSR count). The highest BCUT2D eigenvalue weighted by molar-refractivity contribution is 6.30. The van der Waals surface area contributed by atoms with Gasteiger partial charge in [-0.3, -0.25) is 9.69 Å². The fourth-order valence-corrected chi connectivity index (χ4v) is 4.71. The van der Waals surface area contributed by atoms with Crippen LogP contribution in [0, 0.1) is 0 Å². The zero-order chi connectivity index (χ0) is 27.7. The van der Waals surface area contributed by atoms with Gasteiger partial charge in [-0.2, -0.15) is 13.2 Å². The van der Waals surface area contributed by atoms with E-state index >= 15 is 0 Å². The molecule has 208 valence electrons. The largest absolute Gasteiger partial charge is 0.480 e. The first-order valence-corrected chi connectivity index (χ1v) is 13.4. The maximum absolute atomic E-state index is 12.3. The zero-order valence-electron chi connectivity index (χ0n) is 21.6. The van der Waals surface area contributed by atoms with E-state index in [2.05, 4.69) is 15.6 Å². The SMILES string of the molecule is CC.O=C(NC1CCCCC1)C1CCc2cc(Cl)ccc2O1.O=C1NCCN1c1ccc(C(F)(F)F)nc1. The lowest BCUT2D eigenvalue weighted by molar-refractivity contribution is -0.141. The highest BCUT2D eigenvalue weighted by Gasteiger charge is 2.33. The quantitative estimate of drug-likeness (QED) is 0.477. The summed E-state index contributed by atoms with van der Waals surface area (Å²) in [6.45, 7) is 4.92. The number of nitrogens with zero attached hydrogens (tertiary/aromatic N) is 2. The summed E-state index contributed by atoms with van der Waals surface area (Å²) in [4.78, 5) is 28.1. The van der Waals surface area contributed by atoms with Crippen LogP contribution in [0.5, 0.6) is 5.75 Å². The van der Waals surface area contributed by atoms with Gasteiger partial charge in [0, 0.05) is 24.2 Å². The number of halogens is 4. The molecule has 2 N–H and O–H groups in total. The van der Waals surface area contributed by atoms with E-state index in [1.54, 1.807) is 0 Å². The van der Waals surface area contributed by atoms with E-state index in [-0.39, 0.29) is 18.0 Å². The number of pyridine rings is 1. The van der Waals surface area contributed by atoms with Crippen molar-refractivity contribution in [1.82, 2.24) is 15.6 Å². The number of alkyl halides is 3. The standard InChI is InChI=1S/C16H20ClNO2.C9H8F3N3O.C2H6/c17-12-7-9-14-11(10-12)6-8-15(20-14)16(19)18-13-4-2-1-3-5-13;10-9(11,12)7-2-1-6(5-14-7)15-4-3-13-8(15)16;1-2/h7,9-10,13,15H,1-6,8H2,(H,18,19);1-2,5H,3-4H2,(H,13,16);1-2H3. The molecule has 2 fully saturated rings. The maximum Gasteiger partial charge on any atom is 0.433 e. The Kier molecular flexibility index (Phi) is 10.6. The number of rotatable bonds is 3. The molecule has 3 aliphatic rings. The molecular formula is C27H34ClF3N4O3. The Balaban J connectivity index is 0.000000202. The molecule has 1 aliphatic carbocycles. The van der Waals surface area contributed by atoms with Crippen LogP contribution >= 0.6 is 11.6 Å². The summed E-state index contributed by atoms with van der Waals surface area (Å²) in [5, 5.41) is 6.41. The summed E-state index contributed by atoms with van der Waals surface area (Å²) in [5.74, 6) is 0.835. The van der Waals surface area contributed by atoms with Crippen molar-refractivity contribution in [2.45, 2.75) is 77.1 Å². The molecule has 0 bridgehead atoms. The van der Waals surface area contributed by atoms with Crippen LogP contribution in [0.4, 0.5) is 23.7 Å². The number of anilines is 1. The van der Waals surface area contributed by atoms with Gasteiger partial charge in [-0.05, 0) is 61.6 Å². The number of hydrogen-bond donors (Lipinski definition) is 2.